The first-order valence-electron chi connectivity index (χ1n) is 12.0. The highest BCUT2D eigenvalue weighted by Gasteiger charge is 2.68. The summed E-state index contributed by atoms with van der Waals surface area (Å²) in [6.07, 6.45) is 11.7. The highest BCUT2D eigenvalue weighted by molar-refractivity contribution is 5.66. The SMILES string of the molecule is O=C(O)CCC/C=C\C[C@H]1[C@@H](CCOCCC#CCCc2ccccc2)[C@@H]2O[C@H]1[C@@H]1O[C@@H]12. The lowest BCUT2D eigenvalue weighted by atomic mass is 9.76. The van der Waals surface area contributed by atoms with Crippen molar-refractivity contribution in [2.45, 2.75) is 75.8 Å². The van der Waals surface area contributed by atoms with E-state index in [9.17, 15) is 4.79 Å². The summed E-state index contributed by atoms with van der Waals surface area (Å²) in [4.78, 5) is 10.6. The Balaban J connectivity index is 1.11. The minimum atomic E-state index is -0.727. The average molecular weight is 439 g/mol. The van der Waals surface area contributed by atoms with Crippen molar-refractivity contribution in [3.05, 3.63) is 48.0 Å². The van der Waals surface area contributed by atoms with Crippen molar-refractivity contribution in [3.8, 4) is 11.8 Å². The zero-order chi connectivity index (χ0) is 22.2. The van der Waals surface area contributed by atoms with Crippen LogP contribution in [0.1, 0.15) is 50.5 Å². The van der Waals surface area contributed by atoms with E-state index in [0.717, 1.165) is 45.1 Å². The Labute approximate surface area is 191 Å². The summed E-state index contributed by atoms with van der Waals surface area (Å²) in [5, 5.41) is 8.73. The van der Waals surface area contributed by atoms with Gasteiger partial charge in [-0.05, 0) is 49.5 Å². The molecule has 32 heavy (non-hydrogen) atoms. The molecular formula is C27H34O5. The number of carboxylic acid groups (broad SMARTS) is 1. The van der Waals surface area contributed by atoms with E-state index in [1.807, 2.05) is 6.07 Å². The van der Waals surface area contributed by atoms with Crippen molar-refractivity contribution >= 4 is 5.97 Å². The van der Waals surface area contributed by atoms with Gasteiger partial charge in [-0.2, -0.15) is 0 Å². The summed E-state index contributed by atoms with van der Waals surface area (Å²) < 4.78 is 17.9. The third kappa shape index (κ3) is 6.22. The molecule has 0 amide bonds. The van der Waals surface area contributed by atoms with Crippen molar-refractivity contribution in [1.82, 2.24) is 0 Å². The van der Waals surface area contributed by atoms with Gasteiger partial charge in [0.25, 0.3) is 0 Å². The molecule has 3 aliphatic rings. The van der Waals surface area contributed by atoms with Crippen molar-refractivity contribution < 1.29 is 24.1 Å². The molecular weight excluding hydrogens is 404 g/mol. The largest absolute Gasteiger partial charge is 0.481 e. The van der Waals surface area contributed by atoms with Crippen molar-refractivity contribution in [3.63, 3.8) is 0 Å². The molecule has 0 unspecified atom stereocenters. The second-order valence-electron chi connectivity index (χ2n) is 8.94. The molecule has 1 aromatic rings. The molecule has 5 nitrogen and oxygen atoms in total. The van der Waals surface area contributed by atoms with Crippen molar-refractivity contribution in [2.24, 2.45) is 11.8 Å². The fourth-order valence-electron chi connectivity index (χ4n) is 5.08. The minimum absolute atomic E-state index is 0.217. The van der Waals surface area contributed by atoms with E-state index < -0.39 is 5.97 Å². The lowest BCUT2D eigenvalue weighted by Gasteiger charge is -2.25. The Morgan fingerprint density at radius 2 is 1.72 bits per heavy atom. The van der Waals surface area contributed by atoms with Crippen LogP contribution in [-0.4, -0.2) is 48.7 Å². The summed E-state index contributed by atoms with van der Waals surface area (Å²) in [5.41, 5.74) is 1.33. The topological polar surface area (TPSA) is 68.3 Å². The normalized spacial score (nSPS) is 29.6. The molecule has 3 heterocycles. The summed E-state index contributed by atoms with van der Waals surface area (Å²) in [7, 11) is 0. The van der Waals surface area contributed by atoms with Gasteiger partial charge in [-0.1, -0.05) is 42.5 Å². The zero-order valence-corrected chi connectivity index (χ0v) is 18.7. The van der Waals surface area contributed by atoms with Crippen LogP contribution < -0.4 is 0 Å². The molecule has 3 aliphatic heterocycles. The summed E-state index contributed by atoms with van der Waals surface area (Å²) in [6.45, 7) is 1.41. The van der Waals surface area contributed by atoms with Crippen LogP contribution in [0.3, 0.4) is 0 Å². The van der Waals surface area contributed by atoms with E-state index in [4.69, 9.17) is 19.3 Å². The number of benzene rings is 1. The van der Waals surface area contributed by atoms with Gasteiger partial charge in [0.1, 0.15) is 12.2 Å². The molecule has 3 fully saturated rings. The van der Waals surface area contributed by atoms with E-state index in [2.05, 4.69) is 48.3 Å². The van der Waals surface area contributed by atoms with Gasteiger partial charge in [0, 0.05) is 25.9 Å². The molecule has 3 saturated heterocycles. The van der Waals surface area contributed by atoms with Crippen LogP contribution >= 0.6 is 0 Å². The Morgan fingerprint density at radius 1 is 0.969 bits per heavy atom. The maximum atomic E-state index is 10.6. The number of hydrogen-bond acceptors (Lipinski definition) is 4. The van der Waals surface area contributed by atoms with E-state index >= 15 is 0 Å². The summed E-state index contributed by atoms with van der Waals surface area (Å²) in [5.74, 6) is 6.69. The van der Waals surface area contributed by atoms with Crippen LogP contribution in [0.15, 0.2) is 42.5 Å². The van der Waals surface area contributed by atoms with Gasteiger partial charge in [0.15, 0.2) is 0 Å². The maximum absolute atomic E-state index is 10.6. The van der Waals surface area contributed by atoms with E-state index in [1.165, 1.54) is 5.56 Å². The third-order valence-electron chi connectivity index (χ3n) is 6.73. The molecule has 0 spiro atoms. The van der Waals surface area contributed by atoms with Crippen LogP contribution in [0.4, 0.5) is 0 Å². The smallest absolute Gasteiger partial charge is 0.303 e. The first kappa shape index (κ1) is 23.0. The molecule has 1 aromatic carbocycles. The first-order valence-corrected chi connectivity index (χ1v) is 12.0. The number of ether oxygens (including phenoxy) is 3. The fraction of sp³-hybridized carbons (Fsp3) is 0.593. The Bertz CT molecular complexity index is 823. The Hall–Kier alpha value is -2.13. The monoisotopic (exact) mass is 438 g/mol. The predicted octanol–water partition coefficient (Wildman–Crippen LogP) is 4.40. The molecule has 0 saturated carbocycles. The van der Waals surface area contributed by atoms with Gasteiger partial charge in [-0.3, -0.25) is 4.79 Å². The van der Waals surface area contributed by atoms with Gasteiger partial charge < -0.3 is 19.3 Å². The van der Waals surface area contributed by atoms with E-state index in [-0.39, 0.29) is 18.6 Å². The van der Waals surface area contributed by atoms with Crippen LogP contribution in [0.5, 0.6) is 0 Å². The second-order valence-corrected chi connectivity index (χ2v) is 8.94. The Kier molecular flexibility index (Phi) is 8.39. The number of rotatable bonds is 13. The predicted molar refractivity (Wildman–Crippen MR) is 122 cm³/mol. The highest BCUT2D eigenvalue weighted by Crippen LogP contribution is 2.55. The van der Waals surface area contributed by atoms with Gasteiger partial charge >= 0.3 is 5.97 Å². The van der Waals surface area contributed by atoms with E-state index in [1.54, 1.807) is 0 Å². The number of allylic oxidation sites excluding steroid dienone is 2. The zero-order valence-electron chi connectivity index (χ0n) is 18.7. The van der Waals surface area contributed by atoms with Crippen LogP contribution in [0, 0.1) is 23.7 Å². The van der Waals surface area contributed by atoms with Crippen LogP contribution in [0.25, 0.3) is 0 Å². The number of aliphatic carboxylic acids is 1. The summed E-state index contributed by atoms with van der Waals surface area (Å²) >= 11 is 0. The molecule has 172 valence electrons. The lowest BCUT2D eigenvalue weighted by molar-refractivity contribution is -0.137. The number of unbranched alkanes of at least 4 members (excludes halogenated alkanes) is 1. The molecule has 5 heteroatoms. The molecule has 6 atom stereocenters. The highest BCUT2D eigenvalue weighted by atomic mass is 16.7. The van der Waals surface area contributed by atoms with Gasteiger partial charge in [-0.25, -0.2) is 0 Å². The van der Waals surface area contributed by atoms with E-state index in [0.29, 0.717) is 37.1 Å². The second kappa shape index (κ2) is 11.7. The third-order valence-corrected chi connectivity index (χ3v) is 6.73. The molecule has 0 radical (unpaired) electrons. The fourth-order valence-corrected chi connectivity index (χ4v) is 5.08. The number of fused-ring (bicyclic) bond motifs is 5. The van der Waals surface area contributed by atoms with Crippen molar-refractivity contribution in [1.29, 1.82) is 0 Å². The molecule has 2 bridgehead atoms. The quantitative estimate of drug-likeness (QED) is 0.214. The average Bonchev–Trinajstić information content (AvgIpc) is 3.42. The minimum Gasteiger partial charge on any atom is -0.481 e. The maximum Gasteiger partial charge on any atom is 0.303 e. The number of carboxylic acids is 1. The molecule has 4 rings (SSSR count). The number of aryl methyl sites for hydroxylation is 1. The van der Waals surface area contributed by atoms with Crippen LogP contribution in [0.2, 0.25) is 0 Å². The van der Waals surface area contributed by atoms with Gasteiger partial charge in [0.05, 0.1) is 18.8 Å². The number of epoxide rings is 1. The van der Waals surface area contributed by atoms with Crippen molar-refractivity contribution in [2.75, 3.05) is 13.2 Å². The van der Waals surface area contributed by atoms with Gasteiger partial charge in [-0.15, -0.1) is 11.8 Å². The standard InChI is InChI=1S/C27H34O5/c28-23(29)16-10-2-1-9-15-21-22(25-27-26(32-27)24(21)31-25)17-19-30-18-11-4-3-6-12-20-13-7-5-8-14-20/h1,5,7-9,13-14,21-22,24-27H,2,6,10-12,15-19H2,(H,28,29)/b9-1-/t21-,22+,24+,25-,26-,27+/m0/s1. The summed E-state index contributed by atoms with van der Waals surface area (Å²) in [6, 6.07) is 10.5. The first-order chi connectivity index (χ1) is 15.7. The van der Waals surface area contributed by atoms with Gasteiger partial charge in [0.2, 0.25) is 0 Å². The number of carbonyl (C=O) groups is 1. The number of hydrogen-bond donors (Lipinski definition) is 1. The lowest BCUT2D eigenvalue weighted by Crippen LogP contribution is -2.33. The Morgan fingerprint density at radius 3 is 2.53 bits per heavy atom. The molecule has 1 N–H and O–H groups in total. The molecule has 0 aliphatic carbocycles. The molecule has 0 aromatic heterocycles. The van der Waals surface area contributed by atoms with Crippen LogP contribution in [-0.2, 0) is 25.4 Å².